The summed E-state index contributed by atoms with van der Waals surface area (Å²) in [6, 6.07) is 3.55. The van der Waals surface area contributed by atoms with E-state index in [-0.39, 0.29) is 6.61 Å². The molecule has 0 radical (unpaired) electrons. The van der Waals surface area contributed by atoms with Crippen LogP contribution < -0.4 is 4.90 Å². The second-order valence-electron chi connectivity index (χ2n) is 3.70. The van der Waals surface area contributed by atoms with Gasteiger partial charge in [0.15, 0.2) is 0 Å². The second-order valence-corrected chi connectivity index (χ2v) is 3.70. The highest BCUT2D eigenvalue weighted by Gasteiger charge is 2.29. The molecule has 3 N–H and O–H groups in total. The third-order valence-corrected chi connectivity index (χ3v) is 2.59. The Bertz CT molecular complexity index is 335. The molecule has 1 fully saturated rings. The lowest BCUT2D eigenvalue weighted by Crippen LogP contribution is -2.22. The molecular formula is C10H14N2O3. The molecule has 0 spiro atoms. The summed E-state index contributed by atoms with van der Waals surface area (Å²) in [5.74, 6) is 0. The molecule has 0 aliphatic carbocycles. The van der Waals surface area contributed by atoms with E-state index in [1.807, 2.05) is 4.90 Å². The molecule has 1 aliphatic heterocycles. The van der Waals surface area contributed by atoms with Crippen LogP contribution in [0, 0.1) is 0 Å². The molecule has 5 nitrogen and oxygen atoms in total. The van der Waals surface area contributed by atoms with Gasteiger partial charge in [-0.2, -0.15) is 0 Å². The topological polar surface area (TPSA) is 76.8 Å². The first-order chi connectivity index (χ1) is 7.20. The summed E-state index contributed by atoms with van der Waals surface area (Å²) in [6.45, 7) is 0.721. The Labute approximate surface area is 87.6 Å². The third-order valence-electron chi connectivity index (χ3n) is 2.59. The van der Waals surface area contributed by atoms with Gasteiger partial charge in [0.25, 0.3) is 0 Å². The van der Waals surface area contributed by atoms with Crippen molar-refractivity contribution in [2.24, 2.45) is 0 Å². The number of anilines is 1. The summed E-state index contributed by atoms with van der Waals surface area (Å²) in [7, 11) is 0. The Balaban J connectivity index is 2.16. The minimum absolute atomic E-state index is 0.104. The van der Waals surface area contributed by atoms with Gasteiger partial charge >= 0.3 is 0 Å². The maximum Gasteiger partial charge on any atom is 0.0990 e. The van der Waals surface area contributed by atoms with Crippen molar-refractivity contribution in [1.82, 2.24) is 4.98 Å². The molecule has 1 aliphatic rings. The van der Waals surface area contributed by atoms with Gasteiger partial charge in [-0.25, -0.2) is 0 Å². The smallest absolute Gasteiger partial charge is 0.0990 e. The zero-order valence-corrected chi connectivity index (χ0v) is 8.24. The fourth-order valence-corrected chi connectivity index (χ4v) is 1.73. The van der Waals surface area contributed by atoms with Crippen molar-refractivity contribution in [3.05, 3.63) is 24.0 Å². The van der Waals surface area contributed by atoms with Crippen molar-refractivity contribution in [3.63, 3.8) is 0 Å². The lowest BCUT2D eigenvalue weighted by molar-refractivity contribution is 0.0572. The van der Waals surface area contributed by atoms with Crippen molar-refractivity contribution < 1.29 is 15.3 Å². The predicted octanol–water partition coefficient (Wildman–Crippen LogP) is -0.884. The molecular weight excluding hydrogens is 196 g/mol. The predicted molar refractivity (Wildman–Crippen MR) is 54.4 cm³/mol. The zero-order valence-electron chi connectivity index (χ0n) is 8.24. The Morgan fingerprint density at radius 1 is 1.33 bits per heavy atom. The van der Waals surface area contributed by atoms with Crippen LogP contribution in [0.5, 0.6) is 0 Å². The molecule has 82 valence electrons. The number of aliphatic hydroxyl groups excluding tert-OH is 3. The molecule has 0 aromatic carbocycles. The Kier molecular flexibility index (Phi) is 2.86. The van der Waals surface area contributed by atoms with Gasteiger partial charge < -0.3 is 20.2 Å². The summed E-state index contributed by atoms with van der Waals surface area (Å²) in [5, 5.41) is 27.7. The summed E-state index contributed by atoms with van der Waals surface area (Å²) in [5.41, 5.74) is 1.45. The van der Waals surface area contributed by atoms with Gasteiger partial charge in [-0.15, -0.1) is 0 Å². The maximum atomic E-state index is 9.40. The van der Waals surface area contributed by atoms with Gasteiger partial charge in [0.05, 0.1) is 24.5 Å². The highest BCUT2D eigenvalue weighted by molar-refractivity contribution is 5.48. The first-order valence-corrected chi connectivity index (χ1v) is 4.87. The monoisotopic (exact) mass is 210 g/mol. The van der Waals surface area contributed by atoms with Crippen molar-refractivity contribution >= 4 is 5.69 Å². The Morgan fingerprint density at radius 2 is 2.00 bits per heavy atom. The fourth-order valence-electron chi connectivity index (χ4n) is 1.73. The molecule has 15 heavy (non-hydrogen) atoms. The fraction of sp³-hybridized carbons (Fsp3) is 0.500. The largest absolute Gasteiger partial charge is 0.390 e. The van der Waals surface area contributed by atoms with E-state index in [0.29, 0.717) is 18.8 Å². The van der Waals surface area contributed by atoms with Crippen LogP contribution in [0.3, 0.4) is 0 Å². The van der Waals surface area contributed by atoms with Gasteiger partial charge in [-0.3, -0.25) is 4.98 Å². The minimum Gasteiger partial charge on any atom is -0.390 e. The first-order valence-electron chi connectivity index (χ1n) is 4.87. The van der Waals surface area contributed by atoms with Crippen LogP contribution in [-0.2, 0) is 6.61 Å². The van der Waals surface area contributed by atoms with Crippen LogP contribution in [0.2, 0.25) is 0 Å². The van der Waals surface area contributed by atoms with Crippen molar-refractivity contribution in [3.8, 4) is 0 Å². The summed E-state index contributed by atoms with van der Waals surface area (Å²) < 4.78 is 0. The number of aliphatic hydroxyl groups is 3. The molecule has 2 atom stereocenters. The number of hydrogen-bond acceptors (Lipinski definition) is 5. The van der Waals surface area contributed by atoms with Crippen LogP contribution in [0.15, 0.2) is 18.3 Å². The number of rotatable bonds is 2. The average Bonchev–Trinajstić information content (AvgIpc) is 2.59. The lowest BCUT2D eigenvalue weighted by Gasteiger charge is -2.17. The SMILES string of the molecule is OCc1cc(N2CC(O)C(O)C2)ccn1. The van der Waals surface area contributed by atoms with Gasteiger partial charge in [0.1, 0.15) is 0 Å². The normalized spacial score (nSPS) is 25.9. The Morgan fingerprint density at radius 3 is 2.60 bits per heavy atom. The first kappa shape index (κ1) is 10.4. The highest BCUT2D eigenvalue weighted by Crippen LogP contribution is 2.20. The van der Waals surface area contributed by atoms with Gasteiger partial charge in [0, 0.05) is 25.0 Å². The Hall–Kier alpha value is -1.17. The van der Waals surface area contributed by atoms with Crippen LogP contribution in [-0.4, -0.2) is 45.6 Å². The quantitative estimate of drug-likeness (QED) is 0.590. The van der Waals surface area contributed by atoms with E-state index in [9.17, 15) is 10.2 Å². The standard InChI is InChI=1S/C10H14N2O3/c13-6-7-3-8(1-2-11-7)12-4-9(14)10(15)5-12/h1-3,9-10,13-15H,4-6H2. The second kappa shape index (κ2) is 4.14. The van der Waals surface area contributed by atoms with Crippen molar-refractivity contribution in [1.29, 1.82) is 0 Å². The van der Waals surface area contributed by atoms with Gasteiger partial charge in [0.2, 0.25) is 0 Å². The molecule has 1 aromatic heterocycles. The molecule has 2 rings (SSSR count). The van der Waals surface area contributed by atoms with E-state index in [2.05, 4.69) is 4.98 Å². The van der Waals surface area contributed by atoms with E-state index < -0.39 is 12.2 Å². The van der Waals surface area contributed by atoms with Crippen molar-refractivity contribution in [2.75, 3.05) is 18.0 Å². The van der Waals surface area contributed by atoms with E-state index in [1.54, 1.807) is 18.3 Å². The van der Waals surface area contributed by atoms with E-state index in [0.717, 1.165) is 5.69 Å². The van der Waals surface area contributed by atoms with Crippen LogP contribution in [0.4, 0.5) is 5.69 Å². The van der Waals surface area contributed by atoms with Gasteiger partial charge in [-0.05, 0) is 12.1 Å². The number of aromatic nitrogens is 1. The summed E-state index contributed by atoms with van der Waals surface area (Å²) in [4.78, 5) is 5.84. The van der Waals surface area contributed by atoms with Crippen LogP contribution in [0.25, 0.3) is 0 Å². The third kappa shape index (κ3) is 2.09. The molecule has 5 heteroatoms. The number of pyridine rings is 1. The van der Waals surface area contributed by atoms with Crippen LogP contribution >= 0.6 is 0 Å². The number of hydrogen-bond donors (Lipinski definition) is 3. The van der Waals surface area contributed by atoms with E-state index >= 15 is 0 Å². The molecule has 0 amide bonds. The molecule has 2 heterocycles. The van der Waals surface area contributed by atoms with Crippen molar-refractivity contribution in [2.45, 2.75) is 18.8 Å². The van der Waals surface area contributed by atoms with E-state index in [4.69, 9.17) is 5.11 Å². The number of β-amino-alcohol motifs (C(OH)–C–C–N with tert-alkyl or cyclic N) is 2. The average molecular weight is 210 g/mol. The highest BCUT2D eigenvalue weighted by atomic mass is 16.3. The molecule has 0 saturated carbocycles. The molecule has 1 saturated heterocycles. The molecule has 1 aromatic rings. The molecule has 2 unspecified atom stereocenters. The van der Waals surface area contributed by atoms with Crippen LogP contribution in [0.1, 0.15) is 5.69 Å². The number of nitrogens with zero attached hydrogens (tertiary/aromatic N) is 2. The maximum absolute atomic E-state index is 9.40. The minimum atomic E-state index is -0.698. The lowest BCUT2D eigenvalue weighted by atomic mass is 10.3. The summed E-state index contributed by atoms with van der Waals surface area (Å²) in [6.07, 6.45) is 0.212. The van der Waals surface area contributed by atoms with E-state index in [1.165, 1.54) is 0 Å². The van der Waals surface area contributed by atoms with Gasteiger partial charge in [-0.1, -0.05) is 0 Å². The zero-order chi connectivity index (χ0) is 10.8. The molecule has 0 bridgehead atoms. The summed E-state index contributed by atoms with van der Waals surface area (Å²) >= 11 is 0.